The lowest BCUT2D eigenvalue weighted by Crippen LogP contribution is -2.27. The van der Waals surface area contributed by atoms with Gasteiger partial charge in [0.25, 0.3) is 5.91 Å². The number of amides is 1. The Balaban J connectivity index is 1.65. The first-order valence-corrected chi connectivity index (χ1v) is 8.04. The van der Waals surface area contributed by atoms with Gasteiger partial charge in [-0.3, -0.25) is 4.79 Å². The van der Waals surface area contributed by atoms with Crippen molar-refractivity contribution in [3.8, 4) is 11.3 Å². The normalized spacial score (nSPS) is 17.5. The molecule has 0 saturated carbocycles. The Morgan fingerprint density at radius 3 is 2.86 bits per heavy atom. The number of nitrogens with one attached hydrogen (secondary N) is 1. The first-order valence-electron chi connectivity index (χ1n) is 8.04. The molecule has 4 rings (SSSR count). The smallest absolute Gasteiger partial charge is 0.289 e. The zero-order valence-electron chi connectivity index (χ0n) is 12.6. The summed E-state index contributed by atoms with van der Waals surface area (Å²) in [6, 6.07) is 10.1. The Kier molecular flexibility index (Phi) is 3.47. The van der Waals surface area contributed by atoms with Gasteiger partial charge in [0.2, 0.25) is 0 Å². The third-order valence-corrected chi connectivity index (χ3v) is 4.62. The highest BCUT2D eigenvalue weighted by atomic mass is 16.4. The van der Waals surface area contributed by atoms with E-state index in [0.717, 1.165) is 56.8 Å². The van der Waals surface area contributed by atoms with Gasteiger partial charge in [-0.05, 0) is 49.1 Å². The maximum atomic E-state index is 12.4. The monoisotopic (exact) mass is 296 g/mol. The van der Waals surface area contributed by atoms with Crippen molar-refractivity contribution in [2.24, 2.45) is 0 Å². The largest absolute Gasteiger partial charge is 0.451 e. The molecule has 1 aromatic heterocycles. The van der Waals surface area contributed by atoms with Crippen molar-refractivity contribution < 1.29 is 9.21 Å². The quantitative estimate of drug-likeness (QED) is 0.927. The molecule has 114 valence electrons. The zero-order chi connectivity index (χ0) is 14.9. The predicted molar refractivity (Wildman–Crippen MR) is 84.7 cm³/mol. The summed E-state index contributed by atoms with van der Waals surface area (Å²) in [6.45, 7) is 3.59. The first kappa shape index (κ1) is 13.6. The number of nitrogens with zero attached hydrogens (tertiary/aromatic N) is 1. The Morgan fingerprint density at radius 1 is 1.14 bits per heavy atom. The number of rotatable bonds is 2. The van der Waals surface area contributed by atoms with Crippen LogP contribution in [0.15, 0.2) is 34.7 Å². The maximum absolute atomic E-state index is 12.4. The molecule has 2 aromatic rings. The third kappa shape index (κ3) is 2.33. The standard InChI is InChI=1S/C18H20N2O2/c21-18(20-10-1-2-11-20)17-7-6-16(22-17)15-5-3-4-13-12-19-9-8-14(13)15/h3-7,19H,1-2,8-12H2. The van der Waals surface area contributed by atoms with Crippen molar-refractivity contribution in [3.05, 3.63) is 47.2 Å². The van der Waals surface area contributed by atoms with Crippen LogP contribution < -0.4 is 5.32 Å². The Hall–Kier alpha value is -2.07. The number of carbonyl (C=O) groups excluding carboxylic acids is 1. The van der Waals surface area contributed by atoms with Crippen LogP contribution in [0.25, 0.3) is 11.3 Å². The summed E-state index contributed by atoms with van der Waals surface area (Å²) >= 11 is 0. The average molecular weight is 296 g/mol. The predicted octanol–water partition coefficient (Wildman–Crippen LogP) is 2.83. The van der Waals surface area contributed by atoms with Gasteiger partial charge in [0.15, 0.2) is 5.76 Å². The van der Waals surface area contributed by atoms with Gasteiger partial charge < -0.3 is 14.6 Å². The molecule has 1 saturated heterocycles. The average Bonchev–Trinajstić information content (AvgIpc) is 3.25. The molecule has 0 bridgehead atoms. The highest BCUT2D eigenvalue weighted by Crippen LogP contribution is 2.30. The molecule has 0 spiro atoms. The molecule has 0 aliphatic carbocycles. The number of likely N-dealkylation sites (tertiary alicyclic amines) is 1. The van der Waals surface area contributed by atoms with E-state index in [9.17, 15) is 4.79 Å². The number of hydrogen-bond donors (Lipinski definition) is 1. The van der Waals surface area contributed by atoms with E-state index in [1.54, 1.807) is 0 Å². The Bertz CT molecular complexity index is 699. The molecule has 4 heteroatoms. The molecule has 1 fully saturated rings. The highest BCUT2D eigenvalue weighted by Gasteiger charge is 2.23. The van der Waals surface area contributed by atoms with Crippen molar-refractivity contribution in [2.45, 2.75) is 25.8 Å². The number of carbonyl (C=O) groups is 1. The molecule has 3 heterocycles. The molecule has 0 unspecified atom stereocenters. The van der Waals surface area contributed by atoms with Crippen LogP contribution in [0.3, 0.4) is 0 Å². The molecular formula is C18H20N2O2. The van der Waals surface area contributed by atoms with E-state index in [2.05, 4.69) is 23.5 Å². The molecular weight excluding hydrogens is 276 g/mol. The molecule has 22 heavy (non-hydrogen) atoms. The molecule has 1 N–H and O–H groups in total. The van der Waals surface area contributed by atoms with Crippen LogP contribution in [0, 0.1) is 0 Å². The van der Waals surface area contributed by atoms with Gasteiger partial charge in [0.05, 0.1) is 0 Å². The van der Waals surface area contributed by atoms with Gasteiger partial charge in [-0.1, -0.05) is 18.2 Å². The van der Waals surface area contributed by atoms with E-state index in [1.807, 2.05) is 17.0 Å². The summed E-state index contributed by atoms with van der Waals surface area (Å²) in [7, 11) is 0. The minimum absolute atomic E-state index is 0.0233. The van der Waals surface area contributed by atoms with E-state index in [1.165, 1.54) is 11.1 Å². The fraction of sp³-hybridized carbons (Fsp3) is 0.389. The van der Waals surface area contributed by atoms with E-state index in [-0.39, 0.29) is 5.91 Å². The summed E-state index contributed by atoms with van der Waals surface area (Å²) in [4.78, 5) is 14.3. The number of fused-ring (bicyclic) bond motifs is 1. The minimum Gasteiger partial charge on any atom is -0.451 e. The summed E-state index contributed by atoms with van der Waals surface area (Å²) in [5, 5.41) is 3.39. The molecule has 4 nitrogen and oxygen atoms in total. The van der Waals surface area contributed by atoms with Crippen LogP contribution in [-0.4, -0.2) is 30.4 Å². The lowest BCUT2D eigenvalue weighted by atomic mass is 9.94. The fourth-order valence-electron chi connectivity index (χ4n) is 3.44. The van der Waals surface area contributed by atoms with Crippen molar-refractivity contribution in [2.75, 3.05) is 19.6 Å². The minimum atomic E-state index is 0.0233. The molecule has 0 atom stereocenters. The topological polar surface area (TPSA) is 45.5 Å². The lowest BCUT2D eigenvalue weighted by molar-refractivity contribution is 0.0762. The second-order valence-electron chi connectivity index (χ2n) is 6.03. The first-order chi connectivity index (χ1) is 10.8. The van der Waals surface area contributed by atoms with Crippen molar-refractivity contribution >= 4 is 5.91 Å². The maximum Gasteiger partial charge on any atom is 0.289 e. The summed E-state index contributed by atoms with van der Waals surface area (Å²) < 4.78 is 5.90. The van der Waals surface area contributed by atoms with Crippen molar-refractivity contribution in [3.63, 3.8) is 0 Å². The number of benzene rings is 1. The Morgan fingerprint density at radius 2 is 2.00 bits per heavy atom. The second-order valence-corrected chi connectivity index (χ2v) is 6.03. The van der Waals surface area contributed by atoms with E-state index < -0.39 is 0 Å². The SMILES string of the molecule is O=C(c1ccc(-c2cccc3c2CCNC3)o1)N1CCCC1. The van der Waals surface area contributed by atoms with Crippen LogP contribution >= 0.6 is 0 Å². The van der Waals surface area contributed by atoms with E-state index in [4.69, 9.17) is 4.42 Å². The van der Waals surface area contributed by atoms with Gasteiger partial charge in [0, 0.05) is 25.2 Å². The molecule has 1 amide bonds. The van der Waals surface area contributed by atoms with E-state index >= 15 is 0 Å². The fourth-order valence-corrected chi connectivity index (χ4v) is 3.44. The molecule has 2 aliphatic rings. The van der Waals surface area contributed by atoms with Crippen molar-refractivity contribution in [1.29, 1.82) is 0 Å². The van der Waals surface area contributed by atoms with Crippen molar-refractivity contribution in [1.82, 2.24) is 10.2 Å². The lowest BCUT2D eigenvalue weighted by Gasteiger charge is -2.19. The van der Waals surface area contributed by atoms with Crippen LogP contribution in [0.5, 0.6) is 0 Å². The number of furan rings is 1. The highest BCUT2D eigenvalue weighted by molar-refractivity contribution is 5.92. The van der Waals surface area contributed by atoms with Crippen LogP contribution in [-0.2, 0) is 13.0 Å². The van der Waals surface area contributed by atoms with E-state index in [0.29, 0.717) is 5.76 Å². The summed E-state index contributed by atoms with van der Waals surface area (Å²) in [5.41, 5.74) is 3.79. The van der Waals surface area contributed by atoms with Gasteiger partial charge in [-0.15, -0.1) is 0 Å². The van der Waals surface area contributed by atoms with Gasteiger partial charge >= 0.3 is 0 Å². The molecule has 0 radical (unpaired) electrons. The Labute approximate surface area is 130 Å². The van der Waals surface area contributed by atoms with Gasteiger partial charge in [0.1, 0.15) is 5.76 Å². The number of hydrogen-bond acceptors (Lipinski definition) is 3. The van der Waals surface area contributed by atoms with Crippen LogP contribution in [0.1, 0.15) is 34.5 Å². The zero-order valence-corrected chi connectivity index (χ0v) is 12.6. The summed E-state index contributed by atoms with van der Waals surface area (Å²) in [5.74, 6) is 1.29. The third-order valence-electron chi connectivity index (χ3n) is 4.62. The van der Waals surface area contributed by atoms with Crippen LogP contribution in [0.2, 0.25) is 0 Å². The second kappa shape index (κ2) is 5.61. The summed E-state index contributed by atoms with van der Waals surface area (Å²) in [6.07, 6.45) is 3.19. The van der Waals surface area contributed by atoms with Gasteiger partial charge in [-0.2, -0.15) is 0 Å². The molecule has 1 aromatic carbocycles. The molecule has 2 aliphatic heterocycles. The van der Waals surface area contributed by atoms with Crippen LogP contribution in [0.4, 0.5) is 0 Å². The van der Waals surface area contributed by atoms with Gasteiger partial charge in [-0.25, -0.2) is 0 Å².